The number of aromatic nitrogens is 1. The van der Waals surface area contributed by atoms with E-state index in [0.717, 1.165) is 0 Å². The summed E-state index contributed by atoms with van der Waals surface area (Å²) in [7, 11) is 0.463. The van der Waals surface area contributed by atoms with Gasteiger partial charge in [-0.05, 0) is 45.3 Å². The van der Waals surface area contributed by atoms with Crippen LogP contribution in [0.15, 0.2) is 12.1 Å². The van der Waals surface area contributed by atoms with Crippen molar-refractivity contribution < 1.29 is 23.2 Å². The topological polar surface area (TPSA) is 57.7 Å². The van der Waals surface area contributed by atoms with Gasteiger partial charge in [0.1, 0.15) is 0 Å². The zero-order valence-electron chi connectivity index (χ0n) is 12.2. The van der Waals surface area contributed by atoms with Gasteiger partial charge in [-0.1, -0.05) is 0 Å². The number of nitrogens with zero attached hydrogens (tertiary/aromatic N) is 1. The van der Waals surface area contributed by atoms with Crippen LogP contribution in [0.25, 0.3) is 0 Å². The number of carbonyl (C=O) groups excluding carboxylic acids is 1. The monoisotopic (exact) mass is 281 g/mol. The number of methoxy groups -OCH3 is 1. The van der Waals surface area contributed by atoms with Crippen LogP contribution in [0.5, 0.6) is 0 Å². The van der Waals surface area contributed by atoms with Crippen LogP contribution >= 0.6 is 0 Å². The molecule has 0 bridgehead atoms. The molecule has 0 amide bonds. The lowest BCUT2D eigenvalue weighted by Gasteiger charge is -2.32. The number of carbonyl (C=O) groups is 1. The maximum absolute atomic E-state index is 13.5. The normalized spacial score (nSPS) is 20.0. The van der Waals surface area contributed by atoms with E-state index in [1.165, 1.54) is 19.2 Å². The molecule has 0 radical (unpaired) electrons. The zero-order chi connectivity index (χ0) is 15.1. The van der Waals surface area contributed by atoms with E-state index in [1.54, 1.807) is 0 Å². The maximum atomic E-state index is 13.5. The molecule has 2 heterocycles. The first-order chi connectivity index (χ1) is 9.16. The summed E-state index contributed by atoms with van der Waals surface area (Å²) in [6, 6.07) is 2.60. The first-order valence-electron chi connectivity index (χ1n) is 6.28. The molecule has 0 aliphatic carbocycles. The molecule has 0 spiro atoms. The van der Waals surface area contributed by atoms with E-state index in [0.29, 0.717) is 5.46 Å². The number of halogens is 1. The van der Waals surface area contributed by atoms with Crippen LogP contribution in [0.2, 0.25) is 0 Å². The summed E-state index contributed by atoms with van der Waals surface area (Å²) in [6.45, 7) is 7.58. The van der Waals surface area contributed by atoms with Gasteiger partial charge in [-0.2, -0.15) is 4.39 Å². The Morgan fingerprint density at radius 2 is 1.80 bits per heavy atom. The van der Waals surface area contributed by atoms with Crippen molar-refractivity contribution in [1.82, 2.24) is 4.98 Å². The fraction of sp³-hybridized carbons (Fsp3) is 0.538. The predicted molar refractivity (Wildman–Crippen MR) is 71.3 cm³/mol. The molecule has 0 aromatic carbocycles. The summed E-state index contributed by atoms with van der Waals surface area (Å²) in [5.41, 5.74) is -0.792. The van der Waals surface area contributed by atoms with Gasteiger partial charge in [-0.15, -0.1) is 0 Å². The van der Waals surface area contributed by atoms with E-state index in [1.807, 2.05) is 27.7 Å². The smallest absolute Gasteiger partial charge is 0.464 e. The van der Waals surface area contributed by atoms with E-state index in [-0.39, 0.29) is 5.69 Å². The molecule has 1 aromatic rings. The molecule has 1 aromatic heterocycles. The molecule has 1 saturated heterocycles. The van der Waals surface area contributed by atoms with Crippen molar-refractivity contribution in [3.8, 4) is 0 Å². The summed E-state index contributed by atoms with van der Waals surface area (Å²) in [4.78, 5) is 15.0. The Kier molecular flexibility index (Phi) is 3.60. The third-order valence-electron chi connectivity index (χ3n) is 3.74. The first-order valence-corrected chi connectivity index (χ1v) is 6.28. The van der Waals surface area contributed by atoms with Gasteiger partial charge in [0.15, 0.2) is 5.69 Å². The Hall–Kier alpha value is -1.47. The van der Waals surface area contributed by atoms with Crippen molar-refractivity contribution in [2.45, 2.75) is 38.9 Å². The highest BCUT2D eigenvalue weighted by Gasteiger charge is 2.51. The molecule has 0 saturated carbocycles. The highest BCUT2D eigenvalue weighted by molar-refractivity contribution is 6.62. The fourth-order valence-corrected chi connectivity index (χ4v) is 1.84. The lowest BCUT2D eigenvalue weighted by Crippen LogP contribution is -2.41. The van der Waals surface area contributed by atoms with Gasteiger partial charge in [-0.25, -0.2) is 9.78 Å². The molecule has 5 nitrogen and oxygen atoms in total. The Morgan fingerprint density at radius 3 is 2.30 bits per heavy atom. The molecule has 108 valence electrons. The van der Waals surface area contributed by atoms with Crippen molar-refractivity contribution in [1.29, 1.82) is 0 Å². The number of hydrogen-bond acceptors (Lipinski definition) is 5. The quantitative estimate of drug-likeness (QED) is 0.464. The molecule has 0 N–H and O–H groups in total. The van der Waals surface area contributed by atoms with Gasteiger partial charge in [0.05, 0.1) is 18.3 Å². The molecule has 2 rings (SSSR count). The van der Waals surface area contributed by atoms with Crippen LogP contribution in [0, 0.1) is 5.95 Å². The van der Waals surface area contributed by atoms with Gasteiger partial charge < -0.3 is 14.0 Å². The second-order valence-electron chi connectivity index (χ2n) is 5.69. The van der Waals surface area contributed by atoms with Crippen molar-refractivity contribution in [2.75, 3.05) is 7.11 Å². The molecule has 1 aliphatic heterocycles. The van der Waals surface area contributed by atoms with Crippen molar-refractivity contribution >= 4 is 18.6 Å². The molecular formula is C13H17BFNO4. The lowest BCUT2D eigenvalue weighted by molar-refractivity contribution is 0.00578. The van der Waals surface area contributed by atoms with Gasteiger partial charge in [-0.3, -0.25) is 0 Å². The number of ether oxygens (including phenoxy) is 1. The predicted octanol–water partition coefficient (Wildman–Crippen LogP) is 1.31. The average molecular weight is 281 g/mol. The van der Waals surface area contributed by atoms with Gasteiger partial charge in [0.2, 0.25) is 5.95 Å². The van der Waals surface area contributed by atoms with E-state index >= 15 is 0 Å². The largest absolute Gasteiger partial charge is 0.495 e. The third kappa shape index (κ3) is 2.55. The van der Waals surface area contributed by atoms with E-state index in [2.05, 4.69) is 9.72 Å². The van der Waals surface area contributed by atoms with Crippen LogP contribution in [-0.2, 0) is 14.0 Å². The molecule has 0 unspecified atom stereocenters. The highest BCUT2D eigenvalue weighted by atomic mass is 19.1. The maximum Gasteiger partial charge on any atom is 0.495 e. The molecule has 0 atom stereocenters. The summed E-state index contributed by atoms with van der Waals surface area (Å²) in [6.07, 6.45) is 0. The Balaban J connectivity index is 2.35. The second kappa shape index (κ2) is 4.82. The van der Waals surface area contributed by atoms with Crippen LogP contribution in [-0.4, -0.2) is 36.4 Å². The lowest BCUT2D eigenvalue weighted by atomic mass is 9.79. The minimum absolute atomic E-state index is 0.114. The average Bonchev–Trinajstić information content (AvgIpc) is 2.57. The van der Waals surface area contributed by atoms with E-state index < -0.39 is 30.2 Å². The van der Waals surface area contributed by atoms with Crippen LogP contribution in [0.4, 0.5) is 4.39 Å². The number of hydrogen-bond donors (Lipinski definition) is 0. The number of pyridine rings is 1. The van der Waals surface area contributed by atoms with Crippen LogP contribution in [0.3, 0.4) is 0 Å². The SMILES string of the molecule is COC(=O)c1cc(B2OC(C)(C)C(C)(C)O2)cc(F)n1. The summed E-state index contributed by atoms with van der Waals surface area (Å²) < 4.78 is 29.7. The molecule has 7 heteroatoms. The van der Waals surface area contributed by atoms with Gasteiger partial charge >= 0.3 is 13.1 Å². The van der Waals surface area contributed by atoms with Gasteiger partial charge in [0.25, 0.3) is 0 Å². The minimum atomic E-state index is -0.780. The first kappa shape index (κ1) is 14.9. The van der Waals surface area contributed by atoms with Gasteiger partial charge in [0, 0.05) is 0 Å². The summed E-state index contributed by atoms with van der Waals surface area (Å²) in [5, 5.41) is 0. The number of esters is 1. The Labute approximate surface area is 117 Å². The van der Waals surface area contributed by atoms with Crippen LogP contribution < -0.4 is 5.46 Å². The van der Waals surface area contributed by atoms with Crippen molar-refractivity contribution in [3.05, 3.63) is 23.8 Å². The third-order valence-corrected chi connectivity index (χ3v) is 3.74. The standard InChI is InChI=1S/C13H17BFNO4/c1-12(2)13(3,4)20-14(19-12)8-6-9(11(17)18-5)16-10(15)7-8/h6-7H,1-5H3. The Bertz CT molecular complexity index is 531. The summed E-state index contributed by atoms with van der Waals surface area (Å²) >= 11 is 0. The molecular weight excluding hydrogens is 264 g/mol. The van der Waals surface area contributed by atoms with E-state index in [4.69, 9.17) is 9.31 Å². The molecule has 1 fully saturated rings. The zero-order valence-corrected chi connectivity index (χ0v) is 12.2. The van der Waals surface area contributed by atoms with Crippen molar-refractivity contribution in [3.63, 3.8) is 0 Å². The minimum Gasteiger partial charge on any atom is -0.464 e. The van der Waals surface area contributed by atoms with Crippen LogP contribution in [0.1, 0.15) is 38.2 Å². The second-order valence-corrected chi connectivity index (χ2v) is 5.69. The number of rotatable bonds is 2. The summed E-state index contributed by atoms with van der Waals surface area (Å²) in [5.74, 6) is -1.49. The highest BCUT2D eigenvalue weighted by Crippen LogP contribution is 2.36. The molecule has 1 aliphatic rings. The molecule has 20 heavy (non-hydrogen) atoms. The van der Waals surface area contributed by atoms with E-state index in [9.17, 15) is 9.18 Å². The van der Waals surface area contributed by atoms with Crippen molar-refractivity contribution in [2.24, 2.45) is 0 Å². The Morgan fingerprint density at radius 1 is 1.25 bits per heavy atom. The fourth-order valence-electron chi connectivity index (χ4n) is 1.84.